The fourth-order valence-corrected chi connectivity index (χ4v) is 2.83. The van der Waals surface area contributed by atoms with E-state index in [1.807, 2.05) is 31.2 Å². The predicted molar refractivity (Wildman–Crippen MR) is 75.5 cm³/mol. The Balaban J connectivity index is 2.05. The van der Waals surface area contributed by atoms with Crippen molar-refractivity contribution in [1.82, 2.24) is 4.90 Å². The molecule has 0 amide bonds. The van der Waals surface area contributed by atoms with Gasteiger partial charge in [-0.25, -0.2) is 0 Å². The molecule has 1 aromatic rings. The third-order valence-electron chi connectivity index (χ3n) is 4.24. The SMILES string of the molecule is CC(O)C1CCCN(C(C)c2ccc(C#N)cc2)C1. The Kier molecular flexibility index (Phi) is 4.57. The Labute approximate surface area is 115 Å². The molecular formula is C16H22N2O. The van der Waals surface area contributed by atoms with Gasteiger partial charge in [0.2, 0.25) is 0 Å². The lowest BCUT2D eigenvalue weighted by molar-refractivity contribution is 0.0471. The van der Waals surface area contributed by atoms with Gasteiger partial charge >= 0.3 is 0 Å². The molecule has 1 heterocycles. The fourth-order valence-electron chi connectivity index (χ4n) is 2.83. The van der Waals surface area contributed by atoms with Crippen LogP contribution in [0.1, 0.15) is 43.9 Å². The summed E-state index contributed by atoms with van der Waals surface area (Å²) in [5.41, 5.74) is 1.95. The summed E-state index contributed by atoms with van der Waals surface area (Å²) < 4.78 is 0. The lowest BCUT2D eigenvalue weighted by Gasteiger charge is -2.38. The van der Waals surface area contributed by atoms with Gasteiger partial charge in [-0.15, -0.1) is 0 Å². The summed E-state index contributed by atoms with van der Waals surface area (Å²) in [6, 6.07) is 10.3. The van der Waals surface area contributed by atoms with E-state index in [0.717, 1.165) is 25.9 Å². The highest BCUT2D eigenvalue weighted by Crippen LogP contribution is 2.28. The van der Waals surface area contributed by atoms with E-state index < -0.39 is 0 Å². The van der Waals surface area contributed by atoms with Gasteiger partial charge in [0.1, 0.15) is 0 Å². The van der Waals surface area contributed by atoms with Gasteiger partial charge < -0.3 is 5.11 Å². The average molecular weight is 258 g/mol. The summed E-state index contributed by atoms with van der Waals surface area (Å²) in [7, 11) is 0. The molecule has 3 heteroatoms. The van der Waals surface area contributed by atoms with Gasteiger partial charge in [-0.1, -0.05) is 12.1 Å². The predicted octanol–water partition coefficient (Wildman–Crippen LogP) is 2.71. The molecule has 1 saturated heterocycles. The second kappa shape index (κ2) is 6.18. The number of nitrogens with zero attached hydrogens (tertiary/aromatic N) is 2. The summed E-state index contributed by atoms with van der Waals surface area (Å²) in [6.07, 6.45) is 2.04. The topological polar surface area (TPSA) is 47.3 Å². The Morgan fingerprint density at radius 1 is 1.32 bits per heavy atom. The molecule has 1 aliphatic rings. The molecule has 0 aliphatic carbocycles. The third kappa shape index (κ3) is 3.34. The molecule has 102 valence electrons. The highest BCUT2D eigenvalue weighted by molar-refractivity contribution is 5.32. The van der Waals surface area contributed by atoms with Gasteiger partial charge in [0, 0.05) is 12.6 Å². The maximum atomic E-state index is 9.75. The van der Waals surface area contributed by atoms with Crippen LogP contribution in [0.3, 0.4) is 0 Å². The molecule has 0 aromatic heterocycles. The van der Waals surface area contributed by atoms with Crippen molar-refractivity contribution < 1.29 is 5.11 Å². The van der Waals surface area contributed by atoms with Gasteiger partial charge in [-0.2, -0.15) is 5.26 Å². The first-order chi connectivity index (χ1) is 9.11. The normalized spacial score (nSPS) is 23.6. The van der Waals surface area contributed by atoms with Gasteiger partial charge in [-0.3, -0.25) is 4.90 Å². The average Bonchev–Trinajstić information content (AvgIpc) is 2.46. The molecule has 1 fully saturated rings. The van der Waals surface area contributed by atoms with E-state index in [0.29, 0.717) is 17.5 Å². The molecule has 0 radical (unpaired) electrons. The Hall–Kier alpha value is -1.37. The zero-order valence-electron chi connectivity index (χ0n) is 11.7. The standard InChI is InChI=1S/C16H22N2O/c1-12(15-7-5-14(10-17)6-8-15)18-9-3-4-16(11-18)13(2)19/h5-8,12-13,16,19H,3-4,9,11H2,1-2H3. The molecule has 3 atom stereocenters. The van der Waals surface area contributed by atoms with Crippen molar-refractivity contribution >= 4 is 0 Å². The smallest absolute Gasteiger partial charge is 0.0991 e. The van der Waals surface area contributed by atoms with Crippen LogP contribution in [-0.2, 0) is 0 Å². The van der Waals surface area contributed by atoms with Gasteiger partial charge in [0.05, 0.1) is 17.7 Å². The molecule has 1 N–H and O–H groups in total. The molecule has 1 aliphatic heterocycles. The summed E-state index contributed by atoms with van der Waals surface area (Å²) in [6.45, 7) is 6.13. The number of hydrogen-bond donors (Lipinski definition) is 1. The van der Waals surface area contributed by atoms with E-state index in [2.05, 4.69) is 17.9 Å². The van der Waals surface area contributed by atoms with Crippen LogP contribution in [-0.4, -0.2) is 29.2 Å². The summed E-state index contributed by atoms with van der Waals surface area (Å²) in [5, 5.41) is 18.6. The van der Waals surface area contributed by atoms with Crippen LogP contribution in [0.5, 0.6) is 0 Å². The number of aliphatic hydroxyl groups excluding tert-OH is 1. The number of piperidine rings is 1. The van der Waals surface area contributed by atoms with Crippen LogP contribution in [0.25, 0.3) is 0 Å². The van der Waals surface area contributed by atoms with Crippen molar-refractivity contribution in [2.45, 2.75) is 38.8 Å². The van der Waals surface area contributed by atoms with Crippen LogP contribution < -0.4 is 0 Å². The first kappa shape index (κ1) is 14.0. The zero-order chi connectivity index (χ0) is 13.8. The van der Waals surface area contributed by atoms with Crippen LogP contribution in [0.4, 0.5) is 0 Å². The van der Waals surface area contributed by atoms with Crippen molar-refractivity contribution in [2.24, 2.45) is 5.92 Å². The Bertz CT molecular complexity index is 447. The minimum atomic E-state index is -0.226. The minimum Gasteiger partial charge on any atom is -0.393 e. The summed E-state index contributed by atoms with van der Waals surface area (Å²) >= 11 is 0. The van der Waals surface area contributed by atoms with E-state index >= 15 is 0 Å². The van der Waals surface area contributed by atoms with Gasteiger partial charge in [0.25, 0.3) is 0 Å². The molecule has 2 rings (SSSR count). The Morgan fingerprint density at radius 3 is 2.58 bits per heavy atom. The van der Waals surface area contributed by atoms with Crippen molar-refractivity contribution in [1.29, 1.82) is 5.26 Å². The minimum absolute atomic E-state index is 0.226. The second-order valence-electron chi connectivity index (χ2n) is 5.55. The molecule has 3 unspecified atom stereocenters. The first-order valence-electron chi connectivity index (χ1n) is 7.04. The quantitative estimate of drug-likeness (QED) is 0.906. The number of benzene rings is 1. The van der Waals surface area contributed by atoms with Gasteiger partial charge in [0.15, 0.2) is 0 Å². The molecular weight excluding hydrogens is 236 g/mol. The molecule has 3 nitrogen and oxygen atoms in total. The first-order valence-corrected chi connectivity index (χ1v) is 7.04. The van der Waals surface area contributed by atoms with Crippen molar-refractivity contribution in [3.63, 3.8) is 0 Å². The summed E-state index contributed by atoms with van der Waals surface area (Å²) in [4.78, 5) is 2.43. The van der Waals surface area contributed by atoms with Crippen molar-refractivity contribution in [3.05, 3.63) is 35.4 Å². The highest BCUT2D eigenvalue weighted by atomic mass is 16.3. The fraction of sp³-hybridized carbons (Fsp3) is 0.562. The lowest BCUT2D eigenvalue weighted by Crippen LogP contribution is -2.40. The van der Waals surface area contributed by atoms with Crippen LogP contribution >= 0.6 is 0 Å². The molecule has 0 bridgehead atoms. The number of rotatable bonds is 3. The second-order valence-corrected chi connectivity index (χ2v) is 5.55. The monoisotopic (exact) mass is 258 g/mol. The zero-order valence-corrected chi connectivity index (χ0v) is 11.7. The van der Waals surface area contributed by atoms with Crippen LogP contribution in [0, 0.1) is 17.2 Å². The number of hydrogen-bond acceptors (Lipinski definition) is 3. The maximum Gasteiger partial charge on any atom is 0.0991 e. The van der Waals surface area contributed by atoms with E-state index in [9.17, 15) is 5.11 Å². The largest absolute Gasteiger partial charge is 0.393 e. The summed E-state index contributed by atoms with van der Waals surface area (Å²) in [5.74, 6) is 0.384. The van der Waals surface area contributed by atoms with Crippen molar-refractivity contribution in [2.75, 3.05) is 13.1 Å². The van der Waals surface area contributed by atoms with E-state index in [1.165, 1.54) is 5.56 Å². The molecule has 0 spiro atoms. The molecule has 1 aromatic carbocycles. The van der Waals surface area contributed by atoms with E-state index in [1.54, 1.807) is 0 Å². The van der Waals surface area contributed by atoms with E-state index in [4.69, 9.17) is 5.26 Å². The van der Waals surface area contributed by atoms with Gasteiger partial charge in [-0.05, 0) is 56.8 Å². The molecule has 19 heavy (non-hydrogen) atoms. The van der Waals surface area contributed by atoms with Crippen LogP contribution in [0.15, 0.2) is 24.3 Å². The van der Waals surface area contributed by atoms with Crippen molar-refractivity contribution in [3.8, 4) is 6.07 Å². The third-order valence-corrected chi connectivity index (χ3v) is 4.24. The number of likely N-dealkylation sites (tertiary alicyclic amines) is 1. The Morgan fingerprint density at radius 2 is 2.00 bits per heavy atom. The number of nitriles is 1. The highest BCUT2D eigenvalue weighted by Gasteiger charge is 2.26. The maximum absolute atomic E-state index is 9.75. The van der Waals surface area contributed by atoms with Crippen LogP contribution in [0.2, 0.25) is 0 Å². The molecule has 0 saturated carbocycles. The number of aliphatic hydroxyl groups is 1. The lowest BCUT2D eigenvalue weighted by atomic mass is 9.91. The van der Waals surface area contributed by atoms with E-state index in [-0.39, 0.29) is 6.10 Å².